The van der Waals surface area contributed by atoms with Gasteiger partial charge >= 0.3 is 5.82 Å². The zero-order valence-electron chi connectivity index (χ0n) is 8.36. The average Bonchev–Trinajstić information content (AvgIpc) is 2.56. The van der Waals surface area contributed by atoms with Gasteiger partial charge in [-0.1, -0.05) is 0 Å². The maximum atomic E-state index is 10.5. The van der Waals surface area contributed by atoms with Crippen molar-refractivity contribution in [2.24, 2.45) is 34.5 Å². The normalized spacial score (nSPS) is 11.2. The van der Waals surface area contributed by atoms with Gasteiger partial charge in [-0.2, -0.15) is 0 Å². The minimum absolute atomic E-state index is 0.108. The highest BCUT2D eigenvalue weighted by Crippen LogP contribution is 2.11. The molecule has 0 bridgehead atoms. The van der Waals surface area contributed by atoms with Crippen LogP contribution in [0.4, 0.5) is 5.82 Å². The lowest BCUT2D eigenvalue weighted by Crippen LogP contribution is -2.23. The molecule has 0 spiro atoms. The first kappa shape index (κ1) is 11.4. The molecule has 86 valence electrons. The Morgan fingerprint density at radius 2 is 2.12 bits per heavy atom. The lowest BCUT2D eigenvalue weighted by molar-refractivity contribution is -0.391. The maximum absolute atomic E-state index is 10.5. The van der Waals surface area contributed by atoms with Crippen LogP contribution in [-0.2, 0) is 7.05 Å². The lowest BCUT2D eigenvalue weighted by Gasteiger charge is -1.96. The predicted molar refractivity (Wildman–Crippen MR) is 56.4 cm³/mol. The fourth-order valence-corrected chi connectivity index (χ4v) is 0.964. The zero-order chi connectivity index (χ0) is 12.3. The molecule has 0 aliphatic heterocycles. The smallest absolute Gasteiger partial charge is 0.343 e. The van der Waals surface area contributed by atoms with Gasteiger partial charge in [-0.05, 0) is 4.92 Å². The Labute approximate surface area is 89.6 Å². The Bertz CT molecular complexity index is 469. The minimum Gasteiger partial charge on any atom is -0.377 e. The van der Waals surface area contributed by atoms with E-state index in [1.807, 2.05) is 0 Å². The Morgan fingerprint density at radius 1 is 1.50 bits per heavy atom. The molecule has 0 aliphatic rings. The molecule has 0 saturated carbocycles. The second-order valence-electron chi connectivity index (χ2n) is 2.77. The highest BCUT2D eigenvalue weighted by molar-refractivity contribution is 5.95. The molecule has 0 fully saturated rings. The molecule has 0 aliphatic carbocycles. The first-order valence-corrected chi connectivity index (χ1v) is 4.02. The van der Waals surface area contributed by atoms with E-state index in [1.54, 1.807) is 0 Å². The van der Waals surface area contributed by atoms with Crippen LogP contribution in [0, 0.1) is 10.1 Å². The largest absolute Gasteiger partial charge is 0.377 e. The van der Waals surface area contributed by atoms with Crippen LogP contribution >= 0.6 is 0 Å². The summed E-state index contributed by atoms with van der Waals surface area (Å²) in [5.41, 5.74) is 15.6. The van der Waals surface area contributed by atoms with Crippen LogP contribution < -0.4 is 17.2 Å². The number of hydrogen-bond acceptors (Lipinski definition) is 5. The summed E-state index contributed by atoms with van der Waals surface area (Å²) in [6, 6.07) is 0. The van der Waals surface area contributed by atoms with E-state index in [-0.39, 0.29) is 23.4 Å². The first-order chi connectivity index (χ1) is 7.43. The van der Waals surface area contributed by atoms with Crippen molar-refractivity contribution in [2.45, 2.75) is 0 Å². The van der Waals surface area contributed by atoms with E-state index in [0.717, 1.165) is 6.20 Å². The van der Waals surface area contributed by atoms with E-state index in [2.05, 4.69) is 15.2 Å². The van der Waals surface area contributed by atoms with Gasteiger partial charge in [0.15, 0.2) is 0 Å². The molecule has 0 amide bonds. The third-order valence-electron chi connectivity index (χ3n) is 1.65. The van der Waals surface area contributed by atoms with Crippen molar-refractivity contribution in [1.82, 2.24) is 9.55 Å². The van der Waals surface area contributed by atoms with Crippen molar-refractivity contribution >= 4 is 17.6 Å². The second kappa shape index (κ2) is 4.25. The molecule has 0 radical (unpaired) electrons. The van der Waals surface area contributed by atoms with E-state index in [9.17, 15) is 10.1 Å². The molecule has 0 unspecified atom stereocenters. The summed E-state index contributed by atoms with van der Waals surface area (Å²) in [4.78, 5) is 13.7. The fraction of sp³-hybridized carbons (Fsp3) is 0.167. The number of nitrogens with two attached hydrogens (primary N) is 3. The van der Waals surface area contributed by atoms with Gasteiger partial charge < -0.3 is 27.3 Å². The van der Waals surface area contributed by atoms with Crippen molar-refractivity contribution in [3.05, 3.63) is 22.1 Å². The Balaban J connectivity index is 3.11. The zero-order valence-corrected chi connectivity index (χ0v) is 8.36. The van der Waals surface area contributed by atoms with E-state index >= 15 is 0 Å². The minimum atomic E-state index is -0.593. The van der Waals surface area contributed by atoms with Crippen LogP contribution in [0.25, 0.3) is 0 Å². The second-order valence-corrected chi connectivity index (χ2v) is 2.77. The number of nitrogens with zero attached hydrogens (tertiary/aromatic N) is 5. The molecule has 10 heteroatoms. The number of nitro groups is 1. The summed E-state index contributed by atoms with van der Waals surface area (Å²) in [5, 5.41) is 17.3. The molecule has 1 rings (SSSR count). The predicted octanol–water partition coefficient (Wildman–Crippen LogP) is -1.78. The molecule has 0 atom stereocenters. The highest BCUT2D eigenvalue weighted by atomic mass is 16.6. The van der Waals surface area contributed by atoms with E-state index in [0.29, 0.717) is 0 Å². The van der Waals surface area contributed by atoms with Crippen molar-refractivity contribution in [2.75, 3.05) is 0 Å². The summed E-state index contributed by atoms with van der Waals surface area (Å²) in [6.07, 6.45) is 1.06. The van der Waals surface area contributed by atoms with Gasteiger partial charge in [0.1, 0.15) is 6.20 Å². The molecule has 0 aromatic carbocycles. The van der Waals surface area contributed by atoms with Crippen LogP contribution in [0.5, 0.6) is 0 Å². The Kier molecular flexibility index (Phi) is 3.03. The third kappa shape index (κ3) is 2.23. The summed E-state index contributed by atoms with van der Waals surface area (Å²) < 4.78 is 1.17. The van der Waals surface area contributed by atoms with Crippen LogP contribution in [0.3, 0.4) is 0 Å². The highest BCUT2D eigenvalue weighted by Gasteiger charge is 2.19. The van der Waals surface area contributed by atoms with E-state index < -0.39 is 4.92 Å². The molecule has 1 aromatic heterocycles. The first-order valence-electron chi connectivity index (χ1n) is 4.02. The molecule has 16 heavy (non-hydrogen) atoms. The van der Waals surface area contributed by atoms with Crippen LogP contribution in [0.2, 0.25) is 0 Å². The quantitative estimate of drug-likeness (QED) is 0.238. The molecule has 1 aromatic rings. The van der Waals surface area contributed by atoms with Gasteiger partial charge in [-0.3, -0.25) is 0 Å². The molecular weight excluding hydrogens is 216 g/mol. The van der Waals surface area contributed by atoms with E-state index in [4.69, 9.17) is 17.2 Å². The summed E-state index contributed by atoms with van der Waals surface area (Å²) in [7, 11) is 1.43. The van der Waals surface area contributed by atoms with E-state index in [1.165, 1.54) is 11.6 Å². The van der Waals surface area contributed by atoms with Gasteiger partial charge in [-0.15, -0.1) is 10.2 Å². The van der Waals surface area contributed by atoms with Crippen LogP contribution in [0.1, 0.15) is 5.82 Å². The monoisotopic (exact) mass is 226 g/mol. The van der Waals surface area contributed by atoms with Gasteiger partial charge in [0.25, 0.3) is 5.82 Å². The number of rotatable bonds is 3. The molecule has 0 saturated heterocycles. The lowest BCUT2D eigenvalue weighted by atomic mass is 10.5. The van der Waals surface area contributed by atoms with Crippen molar-refractivity contribution < 1.29 is 4.92 Å². The van der Waals surface area contributed by atoms with Crippen molar-refractivity contribution in [3.63, 3.8) is 0 Å². The number of guanidine groups is 1. The van der Waals surface area contributed by atoms with Crippen LogP contribution in [-0.4, -0.2) is 26.3 Å². The number of hydrogen-bond donors (Lipinski definition) is 3. The van der Waals surface area contributed by atoms with Crippen molar-refractivity contribution in [3.8, 4) is 0 Å². The molecule has 6 N–H and O–H groups in total. The molecule has 10 nitrogen and oxygen atoms in total. The summed E-state index contributed by atoms with van der Waals surface area (Å²) >= 11 is 0. The standard InChI is InChI=1S/C6H10N8O2/c1-13-3(14(15)16)2-10-5(13)4(7)11-12-6(8)9/h2H,1H3,(H2,7,11)(H4,8,9,12). The topological polar surface area (TPSA) is 164 Å². The van der Waals surface area contributed by atoms with Gasteiger partial charge in [0, 0.05) is 0 Å². The molecule has 1 heterocycles. The third-order valence-corrected chi connectivity index (χ3v) is 1.65. The molecular formula is C6H10N8O2. The average molecular weight is 226 g/mol. The Hall–Kier alpha value is -2.65. The Morgan fingerprint density at radius 3 is 2.56 bits per heavy atom. The summed E-state index contributed by atoms with van der Waals surface area (Å²) in [5.74, 6) is -0.495. The number of amidine groups is 1. The maximum Gasteiger partial charge on any atom is 0.343 e. The number of imidazole rings is 1. The van der Waals surface area contributed by atoms with Gasteiger partial charge in [-0.25, -0.2) is 9.55 Å². The SMILES string of the molecule is Cn1c([N+](=O)[O-])cnc1/C(N)=N\N=C(N)N. The van der Waals surface area contributed by atoms with Gasteiger partial charge in [0.2, 0.25) is 11.8 Å². The van der Waals surface area contributed by atoms with Crippen LogP contribution in [0.15, 0.2) is 16.4 Å². The van der Waals surface area contributed by atoms with Crippen molar-refractivity contribution in [1.29, 1.82) is 0 Å². The number of aromatic nitrogens is 2. The summed E-state index contributed by atoms with van der Waals surface area (Å²) in [6.45, 7) is 0. The fourth-order valence-electron chi connectivity index (χ4n) is 0.964. The van der Waals surface area contributed by atoms with Gasteiger partial charge in [0.05, 0.1) is 7.05 Å².